The van der Waals surface area contributed by atoms with Crippen molar-refractivity contribution in [3.8, 4) is 0 Å². The molecule has 1 fully saturated rings. The average molecular weight is 355 g/mol. The SMILES string of the molecule is CC(=O)Nc1ccc(NC(=O)C2CC(=O)N(c3cccc(F)c3)C2)cc1. The van der Waals surface area contributed by atoms with E-state index in [0.29, 0.717) is 17.1 Å². The molecule has 1 heterocycles. The number of nitrogens with one attached hydrogen (secondary N) is 2. The molecule has 0 bridgehead atoms. The van der Waals surface area contributed by atoms with Gasteiger partial charge < -0.3 is 15.5 Å². The number of halogens is 1. The maximum Gasteiger partial charge on any atom is 0.229 e. The molecule has 0 radical (unpaired) electrons. The topological polar surface area (TPSA) is 78.5 Å². The van der Waals surface area contributed by atoms with Crippen LogP contribution in [0.5, 0.6) is 0 Å². The fraction of sp³-hybridized carbons (Fsp3) is 0.211. The number of carbonyl (C=O) groups excluding carboxylic acids is 3. The maximum absolute atomic E-state index is 13.4. The quantitative estimate of drug-likeness (QED) is 0.885. The number of carbonyl (C=O) groups is 3. The van der Waals surface area contributed by atoms with Gasteiger partial charge in [0.05, 0.1) is 5.92 Å². The van der Waals surface area contributed by atoms with E-state index >= 15 is 0 Å². The molecular formula is C19H18FN3O3. The Morgan fingerprint density at radius 3 is 2.35 bits per heavy atom. The van der Waals surface area contributed by atoms with E-state index in [1.54, 1.807) is 30.3 Å². The molecule has 134 valence electrons. The fourth-order valence-electron chi connectivity index (χ4n) is 2.86. The van der Waals surface area contributed by atoms with Crippen molar-refractivity contribution in [2.24, 2.45) is 5.92 Å². The lowest BCUT2D eigenvalue weighted by atomic mass is 10.1. The Morgan fingerprint density at radius 2 is 1.73 bits per heavy atom. The van der Waals surface area contributed by atoms with Crippen LogP contribution in [0.1, 0.15) is 13.3 Å². The summed E-state index contributed by atoms with van der Waals surface area (Å²) < 4.78 is 13.4. The molecule has 1 aliphatic heterocycles. The van der Waals surface area contributed by atoms with Gasteiger partial charge in [0.2, 0.25) is 17.7 Å². The van der Waals surface area contributed by atoms with E-state index in [1.165, 1.54) is 30.0 Å². The van der Waals surface area contributed by atoms with E-state index in [0.717, 1.165) is 0 Å². The van der Waals surface area contributed by atoms with E-state index in [1.807, 2.05) is 0 Å². The Hall–Kier alpha value is -3.22. The fourth-order valence-corrected chi connectivity index (χ4v) is 2.86. The minimum absolute atomic E-state index is 0.0757. The van der Waals surface area contributed by atoms with Crippen molar-refractivity contribution in [3.63, 3.8) is 0 Å². The molecule has 1 saturated heterocycles. The van der Waals surface area contributed by atoms with Crippen LogP contribution in [-0.2, 0) is 14.4 Å². The minimum atomic E-state index is -0.513. The number of benzene rings is 2. The van der Waals surface area contributed by atoms with Gasteiger partial charge in [-0.2, -0.15) is 0 Å². The highest BCUT2D eigenvalue weighted by Gasteiger charge is 2.35. The van der Waals surface area contributed by atoms with Crippen molar-refractivity contribution < 1.29 is 18.8 Å². The van der Waals surface area contributed by atoms with Crippen LogP contribution in [0.2, 0.25) is 0 Å². The first-order valence-corrected chi connectivity index (χ1v) is 8.17. The van der Waals surface area contributed by atoms with Crippen LogP contribution in [0.4, 0.5) is 21.5 Å². The molecule has 3 amide bonds. The Morgan fingerprint density at radius 1 is 1.08 bits per heavy atom. The third-order valence-electron chi connectivity index (χ3n) is 4.09. The minimum Gasteiger partial charge on any atom is -0.326 e. The van der Waals surface area contributed by atoms with Gasteiger partial charge in [-0.1, -0.05) is 6.07 Å². The van der Waals surface area contributed by atoms with Crippen LogP contribution in [0.15, 0.2) is 48.5 Å². The van der Waals surface area contributed by atoms with Gasteiger partial charge in [-0.25, -0.2) is 4.39 Å². The average Bonchev–Trinajstić information content (AvgIpc) is 2.98. The van der Waals surface area contributed by atoms with Gasteiger partial charge >= 0.3 is 0 Å². The first kappa shape index (κ1) is 17.6. The van der Waals surface area contributed by atoms with Gasteiger partial charge in [0.25, 0.3) is 0 Å². The number of hydrogen-bond donors (Lipinski definition) is 2. The predicted molar refractivity (Wildman–Crippen MR) is 96.2 cm³/mol. The third kappa shape index (κ3) is 4.05. The van der Waals surface area contributed by atoms with Crippen LogP contribution >= 0.6 is 0 Å². The zero-order chi connectivity index (χ0) is 18.7. The lowest BCUT2D eigenvalue weighted by Gasteiger charge is -2.16. The summed E-state index contributed by atoms with van der Waals surface area (Å²) in [5, 5.41) is 5.40. The van der Waals surface area contributed by atoms with Crippen LogP contribution in [0, 0.1) is 11.7 Å². The summed E-state index contributed by atoms with van der Waals surface area (Å²) in [6.45, 7) is 1.62. The van der Waals surface area contributed by atoms with Crippen LogP contribution in [0.3, 0.4) is 0 Å². The van der Waals surface area contributed by atoms with Crippen molar-refractivity contribution in [1.29, 1.82) is 0 Å². The summed E-state index contributed by atoms with van der Waals surface area (Å²) in [5.41, 5.74) is 1.65. The van der Waals surface area contributed by atoms with Gasteiger partial charge in [0.15, 0.2) is 0 Å². The highest BCUT2D eigenvalue weighted by atomic mass is 19.1. The second-order valence-electron chi connectivity index (χ2n) is 6.13. The zero-order valence-electron chi connectivity index (χ0n) is 14.2. The second-order valence-corrected chi connectivity index (χ2v) is 6.13. The number of hydrogen-bond acceptors (Lipinski definition) is 3. The first-order valence-electron chi connectivity index (χ1n) is 8.17. The molecule has 3 rings (SSSR count). The van der Waals surface area contributed by atoms with E-state index in [9.17, 15) is 18.8 Å². The Kier molecular flexibility index (Phi) is 4.97. The molecule has 2 N–H and O–H groups in total. The Bertz CT molecular complexity index is 851. The molecule has 0 spiro atoms. The summed E-state index contributed by atoms with van der Waals surface area (Å²) in [6, 6.07) is 12.4. The molecular weight excluding hydrogens is 337 g/mol. The second kappa shape index (κ2) is 7.35. The smallest absolute Gasteiger partial charge is 0.229 e. The molecule has 1 aliphatic rings. The van der Waals surface area contributed by atoms with Gasteiger partial charge in [-0.05, 0) is 42.5 Å². The molecule has 0 aromatic heterocycles. The summed E-state index contributed by atoms with van der Waals surface area (Å²) in [5.74, 6) is -1.60. The van der Waals surface area contributed by atoms with Crippen LogP contribution in [-0.4, -0.2) is 24.3 Å². The highest BCUT2D eigenvalue weighted by Crippen LogP contribution is 2.26. The maximum atomic E-state index is 13.4. The predicted octanol–water partition coefficient (Wildman–Crippen LogP) is 2.78. The molecule has 2 aromatic carbocycles. The zero-order valence-corrected chi connectivity index (χ0v) is 14.2. The van der Waals surface area contributed by atoms with E-state index in [-0.39, 0.29) is 30.7 Å². The van der Waals surface area contributed by atoms with Gasteiger partial charge in [-0.15, -0.1) is 0 Å². The summed E-state index contributed by atoms with van der Waals surface area (Å²) >= 11 is 0. The standard InChI is InChI=1S/C19H18FN3O3/c1-12(24)21-15-5-7-16(8-6-15)22-19(26)13-9-18(25)23(11-13)17-4-2-3-14(20)10-17/h2-8,10,13H,9,11H2,1H3,(H,21,24)(H,22,26). The molecule has 6 nitrogen and oxygen atoms in total. The molecule has 1 unspecified atom stereocenters. The molecule has 0 aliphatic carbocycles. The van der Waals surface area contributed by atoms with Crippen LogP contribution in [0.25, 0.3) is 0 Å². The van der Waals surface area contributed by atoms with Crippen molar-refractivity contribution in [1.82, 2.24) is 0 Å². The lowest BCUT2D eigenvalue weighted by molar-refractivity contribution is -0.122. The van der Waals surface area contributed by atoms with Gasteiger partial charge in [-0.3, -0.25) is 14.4 Å². The van der Waals surface area contributed by atoms with Crippen molar-refractivity contribution in [2.75, 3.05) is 22.1 Å². The molecule has 1 atom stereocenters. The number of anilines is 3. The van der Waals surface area contributed by atoms with Gasteiger partial charge in [0.1, 0.15) is 5.82 Å². The largest absolute Gasteiger partial charge is 0.326 e. The molecule has 2 aromatic rings. The monoisotopic (exact) mass is 355 g/mol. The number of amides is 3. The van der Waals surface area contributed by atoms with Crippen molar-refractivity contribution in [2.45, 2.75) is 13.3 Å². The summed E-state index contributed by atoms with van der Waals surface area (Å²) in [7, 11) is 0. The van der Waals surface area contributed by atoms with Crippen molar-refractivity contribution in [3.05, 3.63) is 54.3 Å². The van der Waals surface area contributed by atoms with E-state index in [4.69, 9.17) is 0 Å². The highest BCUT2D eigenvalue weighted by molar-refractivity contribution is 6.03. The molecule has 26 heavy (non-hydrogen) atoms. The summed E-state index contributed by atoms with van der Waals surface area (Å²) in [6.07, 6.45) is 0.0757. The van der Waals surface area contributed by atoms with Crippen molar-refractivity contribution >= 4 is 34.8 Å². The van der Waals surface area contributed by atoms with Crippen LogP contribution < -0.4 is 15.5 Å². The molecule has 0 saturated carbocycles. The Labute approximate surface area is 150 Å². The number of rotatable bonds is 4. The summed E-state index contributed by atoms with van der Waals surface area (Å²) in [4.78, 5) is 37.0. The van der Waals surface area contributed by atoms with E-state index < -0.39 is 11.7 Å². The number of nitrogens with zero attached hydrogens (tertiary/aromatic N) is 1. The first-order chi connectivity index (χ1) is 12.4. The third-order valence-corrected chi connectivity index (χ3v) is 4.09. The van der Waals surface area contributed by atoms with Gasteiger partial charge in [0, 0.05) is 37.0 Å². The Balaban J connectivity index is 1.64. The molecule has 7 heteroatoms. The van der Waals surface area contributed by atoms with E-state index in [2.05, 4.69) is 10.6 Å². The normalized spacial score (nSPS) is 16.5. The lowest BCUT2D eigenvalue weighted by Crippen LogP contribution is -2.28.